The van der Waals surface area contributed by atoms with Crippen molar-refractivity contribution in [2.45, 2.75) is 53.4 Å². The summed E-state index contributed by atoms with van der Waals surface area (Å²) in [5.41, 5.74) is 9.89. The number of anilines is 1. The average molecular weight is 479 g/mol. The number of rotatable bonds is 7. The maximum Gasteiger partial charge on any atom is 0.339 e. The largest absolute Gasteiger partial charge is 0.478 e. The molecular formula is C26H30N4O3S. The minimum atomic E-state index is -0.874. The summed E-state index contributed by atoms with van der Waals surface area (Å²) in [7, 11) is 0. The Labute approximate surface area is 203 Å². The van der Waals surface area contributed by atoms with Gasteiger partial charge in [-0.3, -0.25) is 4.79 Å². The number of hydrogen-bond acceptors (Lipinski definition) is 5. The molecule has 178 valence electrons. The van der Waals surface area contributed by atoms with Gasteiger partial charge in [0.2, 0.25) is 0 Å². The number of hydrogen-bond donors (Lipinski definition) is 3. The third-order valence-corrected chi connectivity index (χ3v) is 7.67. The molecule has 0 bridgehead atoms. The van der Waals surface area contributed by atoms with Crippen LogP contribution in [0.25, 0.3) is 5.00 Å². The highest BCUT2D eigenvalue weighted by Gasteiger charge is 2.27. The van der Waals surface area contributed by atoms with Gasteiger partial charge in [-0.2, -0.15) is 5.10 Å². The SMILES string of the molecule is Cc1ccc(NCC(=O)N/N=C\c2cc(C)n(-c3sc4c(c3C(=O)O)CCCC4)c2C)cc1C. The van der Waals surface area contributed by atoms with Crippen molar-refractivity contribution in [2.75, 3.05) is 11.9 Å². The molecular weight excluding hydrogens is 448 g/mol. The molecule has 1 amide bonds. The van der Waals surface area contributed by atoms with E-state index in [1.807, 2.05) is 56.5 Å². The predicted octanol–water partition coefficient (Wildman–Crippen LogP) is 4.91. The van der Waals surface area contributed by atoms with Crippen LogP contribution >= 0.6 is 11.3 Å². The average Bonchev–Trinajstić information content (AvgIpc) is 3.31. The topological polar surface area (TPSA) is 95.7 Å². The van der Waals surface area contributed by atoms with Gasteiger partial charge in [0, 0.05) is 27.5 Å². The third-order valence-electron chi connectivity index (χ3n) is 6.39. The molecule has 0 radical (unpaired) electrons. The number of carboxylic acid groups (broad SMARTS) is 1. The van der Waals surface area contributed by atoms with E-state index in [-0.39, 0.29) is 12.5 Å². The molecule has 1 aromatic carbocycles. The van der Waals surface area contributed by atoms with Gasteiger partial charge in [-0.1, -0.05) is 6.07 Å². The Balaban J connectivity index is 1.48. The van der Waals surface area contributed by atoms with E-state index in [2.05, 4.69) is 15.8 Å². The van der Waals surface area contributed by atoms with Crippen LogP contribution < -0.4 is 10.7 Å². The number of aryl methyl sites for hydroxylation is 4. The molecule has 0 saturated carbocycles. The van der Waals surface area contributed by atoms with Gasteiger partial charge in [-0.05, 0) is 88.3 Å². The normalized spacial score (nSPS) is 13.2. The lowest BCUT2D eigenvalue weighted by Gasteiger charge is -2.11. The van der Waals surface area contributed by atoms with Crippen molar-refractivity contribution in [2.24, 2.45) is 5.10 Å². The van der Waals surface area contributed by atoms with E-state index in [1.54, 1.807) is 17.6 Å². The molecule has 2 aromatic heterocycles. The molecule has 34 heavy (non-hydrogen) atoms. The number of carbonyl (C=O) groups excluding carboxylic acids is 1. The summed E-state index contributed by atoms with van der Waals surface area (Å²) in [5, 5.41) is 17.9. The van der Waals surface area contributed by atoms with Crippen LogP contribution in [-0.4, -0.2) is 34.3 Å². The summed E-state index contributed by atoms with van der Waals surface area (Å²) in [6, 6.07) is 7.93. The Kier molecular flexibility index (Phi) is 6.88. The van der Waals surface area contributed by atoms with Crippen LogP contribution in [0.3, 0.4) is 0 Å². The summed E-state index contributed by atoms with van der Waals surface area (Å²) in [5.74, 6) is -1.12. The highest BCUT2D eigenvalue weighted by Crippen LogP contribution is 2.38. The van der Waals surface area contributed by atoms with Crippen LogP contribution in [0.2, 0.25) is 0 Å². The molecule has 1 aliphatic rings. The van der Waals surface area contributed by atoms with Gasteiger partial charge in [-0.15, -0.1) is 11.3 Å². The van der Waals surface area contributed by atoms with E-state index in [4.69, 9.17) is 0 Å². The lowest BCUT2D eigenvalue weighted by Crippen LogP contribution is -2.25. The number of aromatic carboxylic acids is 1. The first kappa shape index (κ1) is 23.8. The molecule has 0 fully saturated rings. The lowest BCUT2D eigenvalue weighted by molar-refractivity contribution is -0.119. The number of thiophene rings is 1. The molecule has 3 N–H and O–H groups in total. The fraction of sp³-hybridized carbons (Fsp3) is 0.346. The van der Waals surface area contributed by atoms with E-state index in [0.717, 1.165) is 64.4 Å². The zero-order chi connectivity index (χ0) is 24.4. The van der Waals surface area contributed by atoms with Gasteiger partial charge < -0.3 is 15.0 Å². The van der Waals surface area contributed by atoms with Crippen molar-refractivity contribution >= 4 is 35.1 Å². The molecule has 0 unspecified atom stereocenters. The summed E-state index contributed by atoms with van der Waals surface area (Å²) in [6.45, 7) is 8.10. The van der Waals surface area contributed by atoms with Crippen molar-refractivity contribution in [3.8, 4) is 5.00 Å². The molecule has 2 heterocycles. The number of carbonyl (C=O) groups is 2. The van der Waals surface area contributed by atoms with Crippen molar-refractivity contribution in [1.82, 2.24) is 9.99 Å². The first-order valence-electron chi connectivity index (χ1n) is 11.5. The fourth-order valence-corrected chi connectivity index (χ4v) is 5.90. The van der Waals surface area contributed by atoms with Crippen LogP contribution in [-0.2, 0) is 17.6 Å². The highest BCUT2D eigenvalue weighted by molar-refractivity contribution is 7.15. The Morgan fingerprint density at radius 3 is 2.62 bits per heavy atom. The predicted molar refractivity (Wildman–Crippen MR) is 137 cm³/mol. The van der Waals surface area contributed by atoms with Crippen LogP contribution in [0.4, 0.5) is 5.69 Å². The summed E-state index contributed by atoms with van der Waals surface area (Å²) in [6.07, 6.45) is 5.51. The smallest absolute Gasteiger partial charge is 0.339 e. The second-order valence-corrected chi connectivity index (χ2v) is 9.89. The van der Waals surface area contributed by atoms with Gasteiger partial charge >= 0.3 is 5.97 Å². The maximum absolute atomic E-state index is 12.2. The minimum Gasteiger partial charge on any atom is -0.478 e. The van der Waals surface area contributed by atoms with Crippen LogP contribution in [0.5, 0.6) is 0 Å². The molecule has 1 aliphatic carbocycles. The number of carboxylic acids is 1. The van der Waals surface area contributed by atoms with Crippen LogP contribution in [0.15, 0.2) is 29.4 Å². The number of benzene rings is 1. The molecule has 3 aromatic rings. The molecule has 0 saturated heterocycles. The lowest BCUT2D eigenvalue weighted by atomic mass is 9.95. The number of amides is 1. The standard InChI is InChI=1S/C26H30N4O3S/c1-15-9-10-20(11-16(15)2)27-14-23(31)29-28-13-19-12-17(3)30(18(19)4)25-24(26(32)33)21-7-5-6-8-22(21)34-25/h9-13,27H,5-8,14H2,1-4H3,(H,29,31)(H,32,33)/b28-13-. The molecule has 0 atom stereocenters. The number of nitrogens with zero attached hydrogens (tertiary/aromatic N) is 2. The number of nitrogens with one attached hydrogen (secondary N) is 2. The molecule has 7 nitrogen and oxygen atoms in total. The fourth-order valence-electron chi connectivity index (χ4n) is 4.41. The van der Waals surface area contributed by atoms with Crippen molar-refractivity contribution in [3.63, 3.8) is 0 Å². The van der Waals surface area contributed by atoms with Gasteiger partial charge in [0.05, 0.1) is 18.3 Å². The van der Waals surface area contributed by atoms with E-state index in [0.29, 0.717) is 5.56 Å². The van der Waals surface area contributed by atoms with Gasteiger partial charge in [0.1, 0.15) is 5.00 Å². The van der Waals surface area contributed by atoms with Crippen LogP contribution in [0, 0.1) is 27.7 Å². The zero-order valence-electron chi connectivity index (χ0n) is 20.0. The second kappa shape index (κ2) is 9.85. The Bertz CT molecular complexity index is 1290. The molecule has 0 spiro atoms. The van der Waals surface area contributed by atoms with Crippen LogP contribution in [0.1, 0.15) is 61.7 Å². The number of hydrazone groups is 1. The highest BCUT2D eigenvalue weighted by atomic mass is 32.1. The first-order chi connectivity index (χ1) is 16.3. The van der Waals surface area contributed by atoms with E-state index in [1.165, 1.54) is 10.4 Å². The Hall–Kier alpha value is -3.39. The maximum atomic E-state index is 12.2. The van der Waals surface area contributed by atoms with E-state index >= 15 is 0 Å². The quantitative estimate of drug-likeness (QED) is 0.332. The Morgan fingerprint density at radius 2 is 1.88 bits per heavy atom. The van der Waals surface area contributed by atoms with Gasteiger partial charge in [0.15, 0.2) is 0 Å². The van der Waals surface area contributed by atoms with Crippen molar-refractivity contribution in [1.29, 1.82) is 0 Å². The van der Waals surface area contributed by atoms with Gasteiger partial charge in [0.25, 0.3) is 5.91 Å². The zero-order valence-corrected chi connectivity index (χ0v) is 20.8. The van der Waals surface area contributed by atoms with E-state index in [9.17, 15) is 14.7 Å². The molecule has 4 rings (SSSR count). The molecule has 8 heteroatoms. The number of aromatic nitrogens is 1. The number of fused-ring (bicyclic) bond motifs is 1. The minimum absolute atomic E-state index is 0.113. The molecule has 0 aliphatic heterocycles. The van der Waals surface area contributed by atoms with Crippen molar-refractivity contribution < 1.29 is 14.7 Å². The summed E-state index contributed by atoms with van der Waals surface area (Å²) in [4.78, 5) is 25.5. The Morgan fingerprint density at radius 1 is 1.12 bits per heavy atom. The third kappa shape index (κ3) is 4.77. The monoisotopic (exact) mass is 478 g/mol. The second-order valence-electron chi connectivity index (χ2n) is 8.80. The summed E-state index contributed by atoms with van der Waals surface area (Å²) < 4.78 is 2.00. The summed E-state index contributed by atoms with van der Waals surface area (Å²) >= 11 is 1.58. The van der Waals surface area contributed by atoms with Crippen molar-refractivity contribution in [3.05, 3.63) is 68.3 Å². The van der Waals surface area contributed by atoms with Gasteiger partial charge in [-0.25, -0.2) is 10.2 Å². The van der Waals surface area contributed by atoms with E-state index < -0.39 is 5.97 Å². The first-order valence-corrected chi connectivity index (χ1v) is 12.3.